The molecule has 0 amide bonds. The van der Waals surface area contributed by atoms with Crippen LogP contribution in [0, 0.1) is 23.2 Å². The van der Waals surface area contributed by atoms with Gasteiger partial charge in [-0.05, 0) is 31.6 Å². The first-order chi connectivity index (χ1) is 11.1. The normalized spacial score (nSPS) is 40.8. The van der Waals surface area contributed by atoms with Gasteiger partial charge in [-0.2, -0.15) is 0 Å². The Morgan fingerprint density at radius 3 is 2.33 bits per heavy atom. The van der Waals surface area contributed by atoms with Crippen LogP contribution in [-0.2, 0) is 28.6 Å². The molecular weight excluding hydrogens is 312 g/mol. The molecule has 1 aliphatic heterocycles. The van der Waals surface area contributed by atoms with E-state index in [4.69, 9.17) is 14.2 Å². The first-order valence-corrected chi connectivity index (χ1v) is 8.25. The molecule has 132 valence electrons. The van der Waals surface area contributed by atoms with Crippen molar-refractivity contribution in [1.29, 1.82) is 0 Å². The number of rotatable bonds is 2. The van der Waals surface area contributed by atoms with Crippen molar-refractivity contribution in [3.8, 4) is 0 Å². The number of fused-ring (bicyclic) bond motifs is 3. The van der Waals surface area contributed by atoms with Crippen LogP contribution in [-0.4, -0.2) is 36.7 Å². The summed E-state index contributed by atoms with van der Waals surface area (Å²) in [6.45, 7) is 8.98. The molecule has 1 heterocycles. The van der Waals surface area contributed by atoms with Gasteiger partial charge in [-0.25, -0.2) is 9.59 Å². The van der Waals surface area contributed by atoms with Crippen molar-refractivity contribution in [2.75, 3.05) is 7.11 Å². The Labute approximate surface area is 141 Å². The number of methoxy groups -OCH3 is 1. The molecule has 0 unspecified atom stereocenters. The zero-order chi connectivity index (χ0) is 18.0. The quantitative estimate of drug-likeness (QED) is 0.436. The summed E-state index contributed by atoms with van der Waals surface area (Å²) in [4.78, 5) is 36.4. The number of esters is 3. The molecule has 0 radical (unpaired) electrons. The maximum absolute atomic E-state index is 12.7. The van der Waals surface area contributed by atoms with Crippen LogP contribution in [0.3, 0.4) is 0 Å². The van der Waals surface area contributed by atoms with E-state index in [2.05, 4.69) is 13.8 Å². The lowest BCUT2D eigenvalue weighted by molar-refractivity contribution is -0.190. The third kappa shape index (κ3) is 2.11. The summed E-state index contributed by atoms with van der Waals surface area (Å²) in [5.41, 5.74) is -0.603. The molecule has 0 spiro atoms. The topological polar surface area (TPSA) is 78.9 Å². The summed E-state index contributed by atoms with van der Waals surface area (Å²) in [5.74, 6) is -1.18. The number of hydrogen-bond donors (Lipinski definition) is 0. The van der Waals surface area contributed by atoms with Gasteiger partial charge in [0.2, 0.25) is 0 Å². The predicted octanol–water partition coefficient (Wildman–Crippen LogP) is 2.02. The highest BCUT2D eigenvalue weighted by atomic mass is 16.6. The monoisotopic (exact) mass is 336 g/mol. The number of ether oxygens (including phenoxy) is 3. The maximum atomic E-state index is 12.7. The van der Waals surface area contributed by atoms with E-state index in [1.165, 1.54) is 21.0 Å². The molecule has 3 rings (SSSR count). The summed E-state index contributed by atoms with van der Waals surface area (Å²) in [7, 11) is 1.25. The SMILES string of the molecule is COC(=O)C(C)=C1C(=O)O[C@]2(C)[C@H]([C@H]1OC(C)=O)C(C)(C)[C@@H]1C[C@@H]12. The zero-order valence-electron chi connectivity index (χ0n) is 15.0. The number of carbonyl (C=O) groups excluding carboxylic acids is 3. The van der Waals surface area contributed by atoms with Gasteiger partial charge >= 0.3 is 17.9 Å². The molecular formula is C18H24O6. The fourth-order valence-electron chi connectivity index (χ4n) is 5.15. The van der Waals surface area contributed by atoms with Crippen LogP contribution in [0.5, 0.6) is 0 Å². The van der Waals surface area contributed by atoms with Crippen molar-refractivity contribution >= 4 is 17.9 Å². The van der Waals surface area contributed by atoms with Gasteiger partial charge in [0.15, 0.2) is 0 Å². The van der Waals surface area contributed by atoms with E-state index < -0.39 is 29.6 Å². The van der Waals surface area contributed by atoms with E-state index in [-0.39, 0.29) is 28.4 Å². The van der Waals surface area contributed by atoms with Gasteiger partial charge in [-0.1, -0.05) is 13.8 Å². The van der Waals surface area contributed by atoms with Crippen molar-refractivity contribution in [2.24, 2.45) is 23.2 Å². The van der Waals surface area contributed by atoms with Crippen LogP contribution in [0.25, 0.3) is 0 Å². The van der Waals surface area contributed by atoms with Crippen LogP contribution >= 0.6 is 0 Å². The number of carbonyl (C=O) groups is 3. The number of hydrogen-bond acceptors (Lipinski definition) is 6. The first-order valence-electron chi connectivity index (χ1n) is 8.25. The summed E-state index contributed by atoms with van der Waals surface area (Å²) in [5, 5.41) is 0. The highest BCUT2D eigenvalue weighted by Gasteiger charge is 2.75. The Hall–Kier alpha value is -1.85. The molecule has 0 bridgehead atoms. The van der Waals surface area contributed by atoms with Crippen molar-refractivity contribution in [3.63, 3.8) is 0 Å². The molecule has 0 aromatic carbocycles. The average molecular weight is 336 g/mol. The summed E-state index contributed by atoms with van der Waals surface area (Å²) in [6.07, 6.45) is 0.213. The molecule has 6 heteroatoms. The Kier molecular flexibility index (Phi) is 3.59. The lowest BCUT2D eigenvalue weighted by atomic mass is 9.66. The van der Waals surface area contributed by atoms with Gasteiger partial charge in [0.25, 0.3) is 0 Å². The Balaban J connectivity index is 2.14. The summed E-state index contributed by atoms with van der Waals surface area (Å²) < 4.78 is 16.1. The minimum Gasteiger partial charge on any atom is -0.466 e. The minimum atomic E-state index is -0.796. The van der Waals surface area contributed by atoms with Crippen molar-refractivity contribution < 1.29 is 28.6 Å². The Morgan fingerprint density at radius 2 is 1.79 bits per heavy atom. The van der Waals surface area contributed by atoms with Gasteiger partial charge in [0, 0.05) is 24.3 Å². The summed E-state index contributed by atoms with van der Waals surface area (Å²) in [6, 6.07) is 0. The average Bonchev–Trinajstić information content (AvgIpc) is 3.23. The van der Waals surface area contributed by atoms with Gasteiger partial charge < -0.3 is 14.2 Å². The second-order valence-corrected chi connectivity index (χ2v) is 7.88. The fraction of sp³-hybridized carbons (Fsp3) is 0.722. The fourth-order valence-corrected chi connectivity index (χ4v) is 5.15. The molecule has 5 atom stereocenters. The van der Waals surface area contributed by atoms with Crippen LogP contribution in [0.4, 0.5) is 0 Å². The van der Waals surface area contributed by atoms with E-state index in [9.17, 15) is 14.4 Å². The Bertz CT molecular complexity index is 660. The maximum Gasteiger partial charge on any atom is 0.338 e. The standard InChI is InChI=1S/C18H24O6/c1-8(15(20)22-6)12-13(23-9(2)19)14-17(3,4)10-7-11(10)18(14,5)24-16(12)21/h10-11,13-14H,7H2,1-6H3/t10-,11+,13+,14-,18+/m1/s1. The molecule has 0 aromatic rings. The second-order valence-electron chi connectivity index (χ2n) is 7.88. The predicted molar refractivity (Wildman–Crippen MR) is 83.6 cm³/mol. The van der Waals surface area contributed by atoms with Gasteiger partial charge in [0.1, 0.15) is 11.7 Å². The van der Waals surface area contributed by atoms with E-state index >= 15 is 0 Å². The lowest BCUT2D eigenvalue weighted by Gasteiger charge is -2.48. The molecule has 0 aromatic heterocycles. The first kappa shape index (κ1) is 17.0. The largest absolute Gasteiger partial charge is 0.466 e. The van der Waals surface area contributed by atoms with Crippen molar-refractivity contribution in [1.82, 2.24) is 0 Å². The van der Waals surface area contributed by atoms with E-state index in [0.29, 0.717) is 5.92 Å². The van der Waals surface area contributed by atoms with E-state index in [0.717, 1.165) is 6.42 Å². The third-order valence-electron chi connectivity index (χ3n) is 6.21. The van der Waals surface area contributed by atoms with Crippen LogP contribution in [0.1, 0.15) is 41.0 Å². The second kappa shape index (κ2) is 5.07. The molecule has 24 heavy (non-hydrogen) atoms. The molecule has 3 fully saturated rings. The van der Waals surface area contributed by atoms with Gasteiger partial charge in [-0.3, -0.25) is 4.79 Å². The molecule has 3 aliphatic rings. The van der Waals surface area contributed by atoms with Crippen molar-refractivity contribution in [2.45, 2.75) is 52.7 Å². The zero-order valence-corrected chi connectivity index (χ0v) is 15.0. The van der Waals surface area contributed by atoms with Gasteiger partial charge in [-0.15, -0.1) is 0 Å². The minimum absolute atomic E-state index is 0.105. The van der Waals surface area contributed by atoms with Crippen LogP contribution in [0.15, 0.2) is 11.1 Å². The molecule has 2 saturated carbocycles. The third-order valence-corrected chi connectivity index (χ3v) is 6.21. The summed E-state index contributed by atoms with van der Waals surface area (Å²) >= 11 is 0. The molecule has 2 aliphatic carbocycles. The van der Waals surface area contributed by atoms with E-state index in [1.54, 1.807) is 0 Å². The van der Waals surface area contributed by atoms with Crippen LogP contribution in [0.2, 0.25) is 0 Å². The molecule has 1 saturated heterocycles. The van der Waals surface area contributed by atoms with Crippen LogP contribution < -0.4 is 0 Å². The lowest BCUT2D eigenvalue weighted by Crippen LogP contribution is -2.57. The highest BCUT2D eigenvalue weighted by Crippen LogP contribution is 2.72. The smallest absolute Gasteiger partial charge is 0.338 e. The van der Waals surface area contributed by atoms with E-state index in [1.807, 2.05) is 6.92 Å². The molecule has 6 nitrogen and oxygen atoms in total. The van der Waals surface area contributed by atoms with Gasteiger partial charge in [0.05, 0.1) is 12.7 Å². The molecule has 0 N–H and O–H groups in total. The Morgan fingerprint density at radius 1 is 1.17 bits per heavy atom. The highest BCUT2D eigenvalue weighted by molar-refractivity contribution is 6.01. The van der Waals surface area contributed by atoms with Crippen molar-refractivity contribution in [3.05, 3.63) is 11.1 Å².